The summed E-state index contributed by atoms with van der Waals surface area (Å²) in [7, 11) is 0. The van der Waals surface area contributed by atoms with Gasteiger partial charge in [0, 0.05) is 16.2 Å². The van der Waals surface area contributed by atoms with E-state index in [2.05, 4.69) is 9.97 Å². The van der Waals surface area contributed by atoms with Crippen LogP contribution in [0, 0.1) is 11.3 Å². The molecule has 0 spiro atoms. The Hall–Kier alpha value is -1.54. The van der Waals surface area contributed by atoms with Crippen molar-refractivity contribution in [3.63, 3.8) is 0 Å². The Morgan fingerprint density at radius 2 is 2.10 bits per heavy atom. The highest BCUT2D eigenvalue weighted by molar-refractivity contribution is 7.99. The first-order valence-electron chi connectivity index (χ1n) is 5.65. The van der Waals surface area contributed by atoms with E-state index < -0.39 is 0 Å². The van der Waals surface area contributed by atoms with Crippen molar-refractivity contribution in [1.82, 2.24) is 9.97 Å². The molecule has 0 atom stereocenters. The average molecular weight is 322 g/mol. The first-order chi connectivity index (χ1) is 9.69. The predicted molar refractivity (Wildman–Crippen MR) is 83.8 cm³/mol. The molecule has 0 saturated carbocycles. The Balaban J connectivity index is 2.17. The number of rotatable bonds is 4. The molecular weight excluding hydrogens is 313 g/mol. The molecular formula is C14H9Cl2N3S. The summed E-state index contributed by atoms with van der Waals surface area (Å²) in [6.07, 6.45) is 5.36. The summed E-state index contributed by atoms with van der Waals surface area (Å²) in [5.41, 5.74) is 1.62. The first-order valence-corrected chi connectivity index (χ1v) is 7.39. The van der Waals surface area contributed by atoms with Crippen molar-refractivity contribution in [2.45, 2.75) is 5.16 Å². The van der Waals surface area contributed by atoms with Crippen LogP contribution in [-0.2, 0) is 0 Å². The lowest BCUT2D eigenvalue weighted by Gasteiger charge is -1.99. The summed E-state index contributed by atoms with van der Waals surface area (Å²) in [6, 6.07) is 9.14. The van der Waals surface area contributed by atoms with Crippen molar-refractivity contribution < 1.29 is 0 Å². The van der Waals surface area contributed by atoms with Crippen LogP contribution in [0.4, 0.5) is 0 Å². The molecule has 0 aliphatic rings. The van der Waals surface area contributed by atoms with Gasteiger partial charge in [-0.2, -0.15) is 5.26 Å². The zero-order chi connectivity index (χ0) is 14.4. The Morgan fingerprint density at radius 1 is 1.25 bits per heavy atom. The molecule has 0 fully saturated rings. The Bertz CT molecular complexity index is 680. The minimum absolute atomic E-state index is 0.330. The molecule has 1 aromatic heterocycles. The standard InChI is InChI=1S/C14H9Cl2N3S/c15-11-3-1-10(13(16)9-11)2-4-12-5-7-18-14(19-12)20-8-6-17/h1-5,7,9H,8H2. The maximum Gasteiger partial charge on any atom is 0.189 e. The van der Waals surface area contributed by atoms with E-state index in [1.165, 1.54) is 11.8 Å². The molecule has 2 rings (SSSR count). The van der Waals surface area contributed by atoms with E-state index in [0.717, 1.165) is 11.3 Å². The largest absolute Gasteiger partial charge is 0.231 e. The molecule has 0 N–H and O–H groups in total. The van der Waals surface area contributed by atoms with Gasteiger partial charge in [0.15, 0.2) is 5.16 Å². The zero-order valence-electron chi connectivity index (χ0n) is 10.3. The topological polar surface area (TPSA) is 49.6 Å². The van der Waals surface area contributed by atoms with Crippen LogP contribution >= 0.6 is 35.0 Å². The summed E-state index contributed by atoms with van der Waals surface area (Å²) in [5, 5.41) is 10.3. The van der Waals surface area contributed by atoms with E-state index in [9.17, 15) is 0 Å². The SMILES string of the molecule is N#CCSc1nccc(C=Cc2ccc(Cl)cc2Cl)n1. The highest BCUT2D eigenvalue weighted by Crippen LogP contribution is 2.22. The van der Waals surface area contributed by atoms with Gasteiger partial charge >= 0.3 is 0 Å². The Kier molecular flexibility index (Phi) is 5.42. The van der Waals surface area contributed by atoms with Gasteiger partial charge in [-0.3, -0.25) is 0 Å². The molecule has 1 aromatic carbocycles. The van der Waals surface area contributed by atoms with Crippen LogP contribution in [0.5, 0.6) is 0 Å². The van der Waals surface area contributed by atoms with Crippen molar-refractivity contribution in [3.05, 3.63) is 51.8 Å². The molecule has 0 aliphatic carbocycles. The van der Waals surface area contributed by atoms with Gasteiger partial charge in [0.05, 0.1) is 17.5 Å². The van der Waals surface area contributed by atoms with Crippen LogP contribution in [0.3, 0.4) is 0 Å². The lowest BCUT2D eigenvalue weighted by Crippen LogP contribution is -1.89. The minimum atomic E-state index is 0.330. The molecule has 6 heteroatoms. The fourth-order valence-electron chi connectivity index (χ4n) is 1.42. The lowest BCUT2D eigenvalue weighted by atomic mass is 10.2. The molecule has 0 aliphatic heterocycles. The van der Waals surface area contributed by atoms with Gasteiger partial charge in [0.25, 0.3) is 0 Å². The smallest absolute Gasteiger partial charge is 0.189 e. The van der Waals surface area contributed by atoms with Crippen LogP contribution in [0.2, 0.25) is 10.0 Å². The third-order valence-electron chi connectivity index (χ3n) is 2.32. The van der Waals surface area contributed by atoms with Crippen LogP contribution in [-0.4, -0.2) is 15.7 Å². The third kappa shape index (κ3) is 4.24. The molecule has 0 unspecified atom stereocenters. The van der Waals surface area contributed by atoms with Gasteiger partial charge in [-0.15, -0.1) is 0 Å². The normalized spacial score (nSPS) is 10.7. The number of hydrogen-bond acceptors (Lipinski definition) is 4. The van der Waals surface area contributed by atoms with E-state index in [0.29, 0.717) is 21.0 Å². The number of halogens is 2. The number of nitrogens with zero attached hydrogens (tertiary/aromatic N) is 3. The van der Waals surface area contributed by atoms with Crippen LogP contribution < -0.4 is 0 Å². The second kappa shape index (κ2) is 7.30. The molecule has 0 bridgehead atoms. The molecule has 0 radical (unpaired) electrons. The van der Waals surface area contributed by atoms with Gasteiger partial charge in [0.1, 0.15) is 0 Å². The zero-order valence-corrected chi connectivity index (χ0v) is 12.6. The van der Waals surface area contributed by atoms with E-state index >= 15 is 0 Å². The quantitative estimate of drug-likeness (QED) is 0.611. The Morgan fingerprint density at radius 3 is 2.85 bits per heavy atom. The van der Waals surface area contributed by atoms with E-state index in [-0.39, 0.29) is 0 Å². The average Bonchev–Trinajstić information content (AvgIpc) is 2.45. The molecule has 20 heavy (non-hydrogen) atoms. The van der Waals surface area contributed by atoms with Crippen molar-refractivity contribution in [1.29, 1.82) is 5.26 Å². The van der Waals surface area contributed by atoms with Crippen molar-refractivity contribution in [2.75, 3.05) is 5.75 Å². The minimum Gasteiger partial charge on any atom is -0.231 e. The molecule has 2 aromatic rings. The van der Waals surface area contributed by atoms with Crippen LogP contribution in [0.1, 0.15) is 11.3 Å². The number of nitriles is 1. The molecule has 0 amide bonds. The Labute approximate surface area is 131 Å². The van der Waals surface area contributed by atoms with Crippen LogP contribution in [0.25, 0.3) is 12.2 Å². The molecule has 100 valence electrons. The van der Waals surface area contributed by atoms with Crippen molar-refractivity contribution >= 4 is 47.1 Å². The summed E-state index contributed by atoms with van der Waals surface area (Å²) in [4.78, 5) is 8.40. The van der Waals surface area contributed by atoms with Gasteiger partial charge in [-0.1, -0.05) is 47.1 Å². The summed E-state index contributed by atoms with van der Waals surface area (Å²) in [6.45, 7) is 0. The molecule has 3 nitrogen and oxygen atoms in total. The number of benzene rings is 1. The fraction of sp³-hybridized carbons (Fsp3) is 0.0714. The summed E-state index contributed by atoms with van der Waals surface area (Å²) in [5.74, 6) is 0.330. The van der Waals surface area contributed by atoms with Crippen LogP contribution in [0.15, 0.2) is 35.6 Å². The monoisotopic (exact) mass is 321 g/mol. The van der Waals surface area contributed by atoms with Gasteiger partial charge < -0.3 is 0 Å². The third-order valence-corrected chi connectivity index (χ3v) is 3.61. The fourth-order valence-corrected chi connectivity index (χ4v) is 2.40. The van der Waals surface area contributed by atoms with Gasteiger partial charge in [-0.25, -0.2) is 9.97 Å². The predicted octanol–water partition coefficient (Wildman–Crippen LogP) is 4.57. The maximum atomic E-state index is 8.54. The molecule has 0 saturated heterocycles. The van der Waals surface area contributed by atoms with Gasteiger partial charge in [-0.05, 0) is 29.8 Å². The van der Waals surface area contributed by atoms with Gasteiger partial charge in [0.2, 0.25) is 0 Å². The second-order valence-electron chi connectivity index (χ2n) is 3.71. The second-order valence-corrected chi connectivity index (χ2v) is 5.50. The van der Waals surface area contributed by atoms with E-state index in [1.807, 2.05) is 24.3 Å². The highest BCUT2D eigenvalue weighted by Gasteiger charge is 2.00. The summed E-state index contributed by atoms with van der Waals surface area (Å²) >= 11 is 13.2. The number of hydrogen-bond donors (Lipinski definition) is 0. The van der Waals surface area contributed by atoms with Crippen molar-refractivity contribution in [3.8, 4) is 6.07 Å². The van der Waals surface area contributed by atoms with E-state index in [4.69, 9.17) is 28.5 Å². The van der Waals surface area contributed by atoms with E-state index in [1.54, 1.807) is 24.4 Å². The van der Waals surface area contributed by atoms with Crippen molar-refractivity contribution in [2.24, 2.45) is 0 Å². The number of aromatic nitrogens is 2. The lowest BCUT2D eigenvalue weighted by molar-refractivity contribution is 0.960. The highest BCUT2D eigenvalue weighted by atomic mass is 35.5. The maximum absolute atomic E-state index is 8.54. The number of thioether (sulfide) groups is 1. The molecule has 1 heterocycles. The summed E-state index contributed by atoms with van der Waals surface area (Å²) < 4.78 is 0. The first kappa shape index (κ1) is 14.9.